The molecule has 170 valence electrons. The van der Waals surface area contributed by atoms with Crippen LogP contribution in [-0.4, -0.2) is 28.9 Å². The minimum absolute atomic E-state index is 0. The van der Waals surface area contributed by atoms with Gasteiger partial charge in [-0.25, -0.2) is 0 Å². The number of nitrogens with zero attached hydrogens (tertiary/aromatic N) is 2. The van der Waals surface area contributed by atoms with Crippen molar-refractivity contribution in [1.82, 2.24) is 9.88 Å². The number of aromatic nitrogens is 1. The Labute approximate surface area is 203 Å². The number of piperidine rings is 1. The van der Waals surface area contributed by atoms with Crippen LogP contribution in [0.3, 0.4) is 0 Å². The number of carbonyl (C=O) groups excluding carboxylic acids is 1. The van der Waals surface area contributed by atoms with Gasteiger partial charge in [-0.15, -0.1) is 24.8 Å². The molecule has 0 saturated carbocycles. The fraction of sp³-hybridized carbons (Fsp3) is 0.308. The van der Waals surface area contributed by atoms with Crippen molar-refractivity contribution in [1.29, 1.82) is 0 Å². The minimum atomic E-state index is 0. The summed E-state index contributed by atoms with van der Waals surface area (Å²) in [6.07, 6.45) is 5.52. The van der Waals surface area contributed by atoms with E-state index in [0.29, 0.717) is 18.0 Å². The van der Waals surface area contributed by atoms with Gasteiger partial charge in [-0.3, -0.25) is 9.78 Å². The Morgan fingerprint density at radius 1 is 1.00 bits per heavy atom. The third kappa shape index (κ3) is 5.89. The number of halogens is 2. The normalized spacial score (nSPS) is 14.8. The maximum absolute atomic E-state index is 13.1. The first-order chi connectivity index (χ1) is 14.7. The number of hydrogen-bond acceptors (Lipinski definition) is 3. The van der Waals surface area contributed by atoms with Crippen molar-refractivity contribution in [3.05, 3.63) is 101 Å². The molecule has 2 N–H and O–H groups in total. The average molecular weight is 472 g/mol. The highest BCUT2D eigenvalue weighted by atomic mass is 35.5. The Kier molecular flexibility index (Phi) is 9.70. The summed E-state index contributed by atoms with van der Waals surface area (Å²) in [6, 6.07) is 20.9. The van der Waals surface area contributed by atoms with Crippen LogP contribution < -0.4 is 5.73 Å². The quantitative estimate of drug-likeness (QED) is 0.529. The Hall–Kier alpha value is -2.40. The summed E-state index contributed by atoms with van der Waals surface area (Å²) in [6.45, 7) is 4.26. The Morgan fingerprint density at radius 3 is 2.41 bits per heavy atom. The molecule has 0 spiro atoms. The molecule has 0 radical (unpaired) electrons. The molecule has 1 aliphatic heterocycles. The summed E-state index contributed by atoms with van der Waals surface area (Å²) in [5, 5.41) is 0. The molecule has 6 heteroatoms. The van der Waals surface area contributed by atoms with Gasteiger partial charge in [0.15, 0.2) is 0 Å². The van der Waals surface area contributed by atoms with Crippen LogP contribution in [0.2, 0.25) is 0 Å². The molecular weight excluding hydrogens is 441 g/mol. The van der Waals surface area contributed by atoms with E-state index in [1.807, 2.05) is 35.4 Å². The molecule has 4 rings (SSSR count). The summed E-state index contributed by atoms with van der Waals surface area (Å²) < 4.78 is 0. The molecule has 1 amide bonds. The summed E-state index contributed by atoms with van der Waals surface area (Å²) >= 11 is 0. The smallest absolute Gasteiger partial charge is 0.255 e. The van der Waals surface area contributed by atoms with Crippen molar-refractivity contribution >= 4 is 30.7 Å². The monoisotopic (exact) mass is 471 g/mol. The number of hydrogen-bond donors (Lipinski definition) is 1. The van der Waals surface area contributed by atoms with E-state index in [4.69, 9.17) is 5.73 Å². The van der Waals surface area contributed by atoms with Crippen LogP contribution >= 0.6 is 24.8 Å². The SMILES string of the molecule is CC(c1ccccc1)c1cncc(C(=O)N2CCC(c3cccc(CN)c3)CC2)c1.Cl.Cl. The number of likely N-dealkylation sites (tertiary alicyclic amines) is 1. The zero-order valence-electron chi connectivity index (χ0n) is 18.3. The maximum atomic E-state index is 13.1. The van der Waals surface area contributed by atoms with Gasteiger partial charge in [0.2, 0.25) is 0 Å². The first kappa shape index (κ1) is 25.9. The number of nitrogens with two attached hydrogens (primary N) is 1. The van der Waals surface area contributed by atoms with Gasteiger partial charge in [-0.1, -0.05) is 61.5 Å². The number of amides is 1. The maximum Gasteiger partial charge on any atom is 0.255 e. The van der Waals surface area contributed by atoms with Gasteiger partial charge in [0.1, 0.15) is 0 Å². The molecule has 1 aliphatic rings. The highest BCUT2D eigenvalue weighted by molar-refractivity contribution is 5.94. The van der Waals surface area contributed by atoms with Crippen molar-refractivity contribution < 1.29 is 4.79 Å². The molecule has 2 aromatic carbocycles. The topological polar surface area (TPSA) is 59.2 Å². The fourth-order valence-electron chi connectivity index (χ4n) is 4.32. The van der Waals surface area contributed by atoms with Crippen molar-refractivity contribution in [3.63, 3.8) is 0 Å². The van der Waals surface area contributed by atoms with E-state index in [-0.39, 0.29) is 36.6 Å². The number of carbonyl (C=O) groups is 1. The van der Waals surface area contributed by atoms with E-state index in [0.717, 1.165) is 31.5 Å². The van der Waals surface area contributed by atoms with Crippen LogP contribution in [0.4, 0.5) is 0 Å². The van der Waals surface area contributed by atoms with Gasteiger partial charge in [0.05, 0.1) is 5.56 Å². The third-order valence-corrected chi connectivity index (χ3v) is 6.25. The molecule has 3 aromatic rings. The summed E-state index contributed by atoms with van der Waals surface area (Å²) in [7, 11) is 0. The molecule has 1 unspecified atom stereocenters. The van der Waals surface area contributed by atoms with E-state index in [1.165, 1.54) is 16.7 Å². The number of benzene rings is 2. The van der Waals surface area contributed by atoms with Crippen molar-refractivity contribution in [2.45, 2.75) is 38.1 Å². The zero-order chi connectivity index (χ0) is 20.9. The fourth-order valence-corrected chi connectivity index (χ4v) is 4.32. The summed E-state index contributed by atoms with van der Waals surface area (Å²) in [5.74, 6) is 0.772. The van der Waals surface area contributed by atoms with E-state index in [2.05, 4.69) is 48.3 Å². The summed E-state index contributed by atoms with van der Waals surface area (Å²) in [5.41, 5.74) is 11.3. The van der Waals surface area contributed by atoms with Crippen LogP contribution in [0.5, 0.6) is 0 Å². The lowest BCUT2D eigenvalue weighted by Gasteiger charge is -2.32. The molecular formula is C26H31Cl2N3O. The van der Waals surface area contributed by atoms with Crippen molar-refractivity contribution in [3.8, 4) is 0 Å². The van der Waals surface area contributed by atoms with Gasteiger partial charge < -0.3 is 10.6 Å². The third-order valence-electron chi connectivity index (χ3n) is 6.25. The standard InChI is InChI=1S/C26H29N3O.2ClH/c1-19(21-7-3-2-4-8-21)24-15-25(18-28-17-24)26(30)29-12-10-22(11-13-29)23-9-5-6-20(14-23)16-27;;/h2-9,14-15,17-19,22H,10-13,16,27H2,1H3;2*1H. The zero-order valence-corrected chi connectivity index (χ0v) is 19.9. The average Bonchev–Trinajstić information content (AvgIpc) is 2.84. The second-order valence-corrected chi connectivity index (χ2v) is 8.15. The van der Waals surface area contributed by atoms with Gasteiger partial charge in [0, 0.05) is 37.9 Å². The molecule has 0 aliphatic carbocycles. The molecule has 1 atom stereocenters. The minimum Gasteiger partial charge on any atom is -0.339 e. The lowest BCUT2D eigenvalue weighted by molar-refractivity contribution is 0.0712. The molecule has 4 nitrogen and oxygen atoms in total. The highest BCUT2D eigenvalue weighted by Crippen LogP contribution is 2.30. The summed E-state index contributed by atoms with van der Waals surface area (Å²) in [4.78, 5) is 19.5. The van der Waals surface area contributed by atoms with Gasteiger partial charge in [-0.05, 0) is 47.1 Å². The lowest BCUT2D eigenvalue weighted by atomic mass is 9.88. The first-order valence-corrected chi connectivity index (χ1v) is 10.7. The predicted octanol–water partition coefficient (Wildman–Crippen LogP) is 5.56. The predicted molar refractivity (Wildman–Crippen MR) is 135 cm³/mol. The molecule has 1 fully saturated rings. The van der Waals surface area contributed by atoms with E-state index in [9.17, 15) is 4.79 Å². The van der Waals surface area contributed by atoms with E-state index < -0.39 is 0 Å². The molecule has 2 heterocycles. The largest absolute Gasteiger partial charge is 0.339 e. The van der Waals surface area contributed by atoms with Gasteiger partial charge in [0.25, 0.3) is 5.91 Å². The van der Waals surface area contributed by atoms with Gasteiger partial charge >= 0.3 is 0 Å². The number of pyridine rings is 1. The molecule has 0 bridgehead atoms. The Balaban J connectivity index is 0.00000181. The van der Waals surface area contributed by atoms with E-state index >= 15 is 0 Å². The lowest BCUT2D eigenvalue weighted by Crippen LogP contribution is -2.38. The molecule has 1 saturated heterocycles. The van der Waals surface area contributed by atoms with Crippen molar-refractivity contribution in [2.24, 2.45) is 5.73 Å². The van der Waals surface area contributed by atoms with Crippen LogP contribution in [-0.2, 0) is 6.54 Å². The van der Waals surface area contributed by atoms with Crippen LogP contribution in [0, 0.1) is 0 Å². The van der Waals surface area contributed by atoms with Gasteiger partial charge in [-0.2, -0.15) is 0 Å². The van der Waals surface area contributed by atoms with Crippen molar-refractivity contribution in [2.75, 3.05) is 13.1 Å². The van der Waals surface area contributed by atoms with Crippen LogP contribution in [0.25, 0.3) is 0 Å². The van der Waals surface area contributed by atoms with Crippen LogP contribution in [0.15, 0.2) is 73.1 Å². The second kappa shape index (κ2) is 12.0. The van der Waals surface area contributed by atoms with Crippen LogP contribution in [0.1, 0.15) is 64.2 Å². The Bertz CT molecular complexity index is 1000. The molecule has 32 heavy (non-hydrogen) atoms. The molecule has 1 aromatic heterocycles. The second-order valence-electron chi connectivity index (χ2n) is 8.15. The number of rotatable bonds is 5. The first-order valence-electron chi connectivity index (χ1n) is 10.7. The Morgan fingerprint density at radius 2 is 1.72 bits per heavy atom. The highest BCUT2D eigenvalue weighted by Gasteiger charge is 2.25. The van der Waals surface area contributed by atoms with E-state index in [1.54, 1.807) is 6.20 Å².